The first-order valence-corrected chi connectivity index (χ1v) is 9.53. The number of nitrogens with zero attached hydrogens (tertiary/aromatic N) is 4. The van der Waals surface area contributed by atoms with Crippen LogP contribution < -0.4 is 15.5 Å². The molecule has 1 aromatic carbocycles. The maximum Gasteiger partial charge on any atom is 0.273 e. The maximum atomic E-state index is 12.6. The summed E-state index contributed by atoms with van der Waals surface area (Å²) in [6.07, 6.45) is 5.92. The summed E-state index contributed by atoms with van der Waals surface area (Å²) >= 11 is 0. The first-order chi connectivity index (χ1) is 12.8. The molecular formula is C19H28Cl2N6O. The van der Waals surface area contributed by atoms with Gasteiger partial charge < -0.3 is 15.5 Å². The molecule has 2 aliphatic heterocycles. The van der Waals surface area contributed by atoms with Crippen molar-refractivity contribution in [3.05, 3.63) is 42.2 Å². The maximum absolute atomic E-state index is 12.6. The van der Waals surface area contributed by atoms with E-state index in [4.69, 9.17) is 0 Å². The molecule has 0 saturated carbocycles. The molecule has 2 aliphatic rings. The number of benzene rings is 1. The van der Waals surface area contributed by atoms with Gasteiger partial charge in [-0.15, -0.1) is 29.9 Å². The van der Waals surface area contributed by atoms with Crippen molar-refractivity contribution in [2.24, 2.45) is 0 Å². The minimum absolute atomic E-state index is 0. The Labute approximate surface area is 178 Å². The SMILES string of the molecule is Cl.Cl.O=C(NC1CCCN(c2ccccc2)C1)c1cn(C2CCNCC2)nn1. The van der Waals surface area contributed by atoms with E-state index in [-0.39, 0.29) is 36.8 Å². The fraction of sp³-hybridized carbons (Fsp3) is 0.526. The Hall–Kier alpha value is -1.83. The molecule has 0 spiro atoms. The largest absolute Gasteiger partial charge is 0.369 e. The average molecular weight is 427 g/mol. The molecule has 2 aromatic rings. The van der Waals surface area contributed by atoms with Crippen LogP contribution in [0.5, 0.6) is 0 Å². The molecule has 3 heterocycles. The number of hydrogen-bond acceptors (Lipinski definition) is 5. The van der Waals surface area contributed by atoms with Crippen LogP contribution in [0.1, 0.15) is 42.2 Å². The van der Waals surface area contributed by atoms with Gasteiger partial charge in [0.15, 0.2) is 5.69 Å². The van der Waals surface area contributed by atoms with E-state index in [1.165, 1.54) is 5.69 Å². The van der Waals surface area contributed by atoms with Gasteiger partial charge in [0.2, 0.25) is 0 Å². The van der Waals surface area contributed by atoms with E-state index in [1.807, 2.05) is 10.7 Å². The van der Waals surface area contributed by atoms with Crippen LogP contribution in [-0.2, 0) is 0 Å². The van der Waals surface area contributed by atoms with Crippen molar-refractivity contribution in [3.8, 4) is 0 Å². The summed E-state index contributed by atoms with van der Waals surface area (Å²) in [6, 6.07) is 10.9. The third-order valence-corrected chi connectivity index (χ3v) is 5.30. The molecule has 0 bridgehead atoms. The lowest BCUT2D eigenvalue weighted by molar-refractivity contribution is 0.0928. The minimum Gasteiger partial charge on any atom is -0.369 e. The zero-order chi connectivity index (χ0) is 17.8. The normalized spacial score (nSPS) is 20.0. The Bertz CT molecular complexity index is 735. The number of carbonyl (C=O) groups excluding carboxylic acids is 1. The highest BCUT2D eigenvalue weighted by atomic mass is 35.5. The summed E-state index contributed by atoms with van der Waals surface area (Å²) in [5.41, 5.74) is 1.63. The van der Waals surface area contributed by atoms with E-state index in [0.717, 1.165) is 51.9 Å². The third-order valence-electron chi connectivity index (χ3n) is 5.30. The first-order valence-electron chi connectivity index (χ1n) is 9.53. The molecule has 4 rings (SSSR count). The van der Waals surface area contributed by atoms with E-state index in [1.54, 1.807) is 6.20 Å². The number of para-hydroxylation sites is 1. The molecule has 1 aromatic heterocycles. The number of amides is 1. The second kappa shape index (κ2) is 10.6. The second-order valence-electron chi connectivity index (χ2n) is 7.16. The number of piperidine rings is 2. The highest BCUT2D eigenvalue weighted by Crippen LogP contribution is 2.20. The lowest BCUT2D eigenvalue weighted by Gasteiger charge is -2.34. The van der Waals surface area contributed by atoms with Gasteiger partial charge >= 0.3 is 0 Å². The topological polar surface area (TPSA) is 75.1 Å². The third kappa shape index (κ3) is 5.37. The highest BCUT2D eigenvalue weighted by Gasteiger charge is 2.24. The smallest absolute Gasteiger partial charge is 0.273 e. The molecule has 9 heteroatoms. The molecular weight excluding hydrogens is 399 g/mol. The van der Waals surface area contributed by atoms with Crippen LogP contribution in [-0.4, -0.2) is 53.1 Å². The van der Waals surface area contributed by atoms with Gasteiger partial charge in [-0.3, -0.25) is 4.79 Å². The number of halogens is 2. The molecule has 154 valence electrons. The number of nitrogens with one attached hydrogen (secondary N) is 2. The molecule has 1 unspecified atom stereocenters. The summed E-state index contributed by atoms with van der Waals surface area (Å²) in [5.74, 6) is -0.120. The molecule has 2 fully saturated rings. The molecule has 0 radical (unpaired) electrons. The van der Waals surface area contributed by atoms with Gasteiger partial charge in [0, 0.05) is 24.8 Å². The van der Waals surface area contributed by atoms with Crippen molar-refractivity contribution >= 4 is 36.4 Å². The number of carbonyl (C=O) groups is 1. The molecule has 1 amide bonds. The lowest BCUT2D eigenvalue weighted by atomic mass is 10.0. The summed E-state index contributed by atoms with van der Waals surface area (Å²) in [7, 11) is 0. The zero-order valence-electron chi connectivity index (χ0n) is 15.8. The zero-order valence-corrected chi connectivity index (χ0v) is 17.4. The number of hydrogen-bond donors (Lipinski definition) is 2. The van der Waals surface area contributed by atoms with Crippen LogP contribution >= 0.6 is 24.8 Å². The highest BCUT2D eigenvalue weighted by molar-refractivity contribution is 5.92. The summed E-state index contributed by atoms with van der Waals surface area (Å²) in [6.45, 7) is 3.84. The van der Waals surface area contributed by atoms with E-state index >= 15 is 0 Å². The first kappa shape index (κ1) is 22.5. The van der Waals surface area contributed by atoms with Crippen LogP contribution in [0.2, 0.25) is 0 Å². The number of aromatic nitrogens is 3. The van der Waals surface area contributed by atoms with Gasteiger partial charge in [-0.25, -0.2) is 4.68 Å². The van der Waals surface area contributed by atoms with Crippen LogP contribution in [0.25, 0.3) is 0 Å². The van der Waals surface area contributed by atoms with Crippen molar-refractivity contribution in [2.75, 3.05) is 31.1 Å². The van der Waals surface area contributed by atoms with Crippen molar-refractivity contribution in [2.45, 2.75) is 37.8 Å². The van der Waals surface area contributed by atoms with E-state index in [9.17, 15) is 4.79 Å². The monoisotopic (exact) mass is 426 g/mol. The fourth-order valence-corrected chi connectivity index (χ4v) is 3.86. The molecule has 2 saturated heterocycles. The van der Waals surface area contributed by atoms with Crippen LogP contribution in [0.15, 0.2) is 36.5 Å². The molecule has 0 aliphatic carbocycles. The molecule has 7 nitrogen and oxygen atoms in total. The van der Waals surface area contributed by atoms with Crippen molar-refractivity contribution in [1.29, 1.82) is 0 Å². The Balaban J connectivity index is 0.00000140. The Morgan fingerprint density at radius 1 is 1.11 bits per heavy atom. The fourth-order valence-electron chi connectivity index (χ4n) is 3.86. The second-order valence-corrected chi connectivity index (χ2v) is 7.16. The van der Waals surface area contributed by atoms with Gasteiger partial charge in [-0.2, -0.15) is 0 Å². The summed E-state index contributed by atoms with van der Waals surface area (Å²) in [4.78, 5) is 14.9. The van der Waals surface area contributed by atoms with Crippen molar-refractivity contribution in [1.82, 2.24) is 25.6 Å². The van der Waals surface area contributed by atoms with E-state index in [2.05, 4.69) is 50.1 Å². The Kier molecular flexibility index (Phi) is 8.54. The average Bonchev–Trinajstić information content (AvgIpc) is 3.20. The molecule has 2 N–H and O–H groups in total. The van der Waals surface area contributed by atoms with E-state index < -0.39 is 0 Å². The molecule has 1 atom stereocenters. The summed E-state index contributed by atoms with van der Waals surface area (Å²) in [5, 5.41) is 14.8. The standard InChI is InChI=1S/C19H26N6O.2ClH/c26-19(18-14-25(23-22-18)17-8-10-20-11-9-17)21-15-5-4-12-24(13-15)16-6-2-1-3-7-16;;/h1-3,6-7,14-15,17,20H,4-5,8-13H2,(H,21,26);2*1H. The Morgan fingerprint density at radius 2 is 1.86 bits per heavy atom. The van der Waals surface area contributed by atoms with Crippen LogP contribution in [0.4, 0.5) is 5.69 Å². The summed E-state index contributed by atoms with van der Waals surface area (Å²) < 4.78 is 1.85. The quantitative estimate of drug-likeness (QED) is 0.784. The predicted octanol–water partition coefficient (Wildman–Crippen LogP) is 2.45. The number of anilines is 1. The van der Waals surface area contributed by atoms with Crippen LogP contribution in [0.3, 0.4) is 0 Å². The number of rotatable bonds is 4. The van der Waals surface area contributed by atoms with Crippen molar-refractivity contribution in [3.63, 3.8) is 0 Å². The van der Waals surface area contributed by atoms with Crippen molar-refractivity contribution < 1.29 is 4.79 Å². The van der Waals surface area contributed by atoms with E-state index in [0.29, 0.717) is 11.7 Å². The minimum atomic E-state index is -0.120. The molecule has 28 heavy (non-hydrogen) atoms. The van der Waals surface area contributed by atoms with Gasteiger partial charge in [0.1, 0.15) is 0 Å². The predicted molar refractivity (Wildman–Crippen MR) is 115 cm³/mol. The van der Waals surface area contributed by atoms with Gasteiger partial charge in [-0.05, 0) is 50.9 Å². The van der Waals surface area contributed by atoms with Gasteiger partial charge in [-0.1, -0.05) is 23.4 Å². The van der Waals surface area contributed by atoms with Gasteiger partial charge in [0.25, 0.3) is 5.91 Å². The van der Waals surface area contributed by atoms with Gasteiger partial charge in [0.05, 0.1) is 12.2 Å². The lowest BCUT2D eigenvalue weighted by Crippen LogP contribution is -2.47. The Morgan fingerprint density at radius 3 is 2.61 bits per heavy atom. The van der Waals surface area contributed by atoms with Crippen LogP contribution in [0, 0.1) is 0 Å².